The minimum absolute atomic E-state index is 0.00760. The van der Waals surface area contributed by atoms with Gasteiger partial charge in [0, 0.05) is 12.2 Å². The Bertz CT molecular complexity index is 610. The third kappa shape index (κ3) is 2.92. The van der Waals surface area contributed by atoms with Gasteiger partial charge in [-0.25, -0.2) is 17.5 Å². The highest BCUT2D eigenvalue weighted by atomic mass is 35.5. The van der Waals surface area contributed by atoms with Crippen molar-refractivity contribution in [3.8, 4) is 0 Å². The van der Waals surface area contributed by atoms with Crippen LogP contribution in [0.4, 0.5) is 10.1 Å². The summed E-state index contributed by atoms with van der Waals surface area (Å²) < 4.78 is 40.7. The number of benzene rings is 1. The highest BCUT2D eigenvalue weighted by Gasteiger charge is 2.36. The van der Waals surface area contributed by atoms with E-state index in [4.69, 9.17) is 17.3 Å². The molecular weight excluding hydrogens is 303 g/mol. The Morgan fingerprint density at radius 2 is 2.10 bits per heavy atom. The van der Waals surface area contributed by atoms with Crippen LogP contribution in [0.15, 0.2) is 17.0 Å². The molecule has 0 spiro atoms. The lowest BCUT2D eigenvalue weighted by atomic mass is 9.67. The van der Waals surface area contributed by atoms with Crippen molar-refractivity contribution in [1.82, 2.24) is 4.72 Å². The SMILES string of the molecule is CCC1(CNS(=O)(=O)c2cc(N)cc(Cl)c2F)CCC1. The van der Waals surface area contributed by atoms with Gasteiger partial charge < -0.3 is 5.73 Å². The average molecular weight is 321 g/mol. The normalized spacial score (nSPS) is 17.8. The first-order valence-corrected chi connectivity index (χ1v) is 8.40. The van der Waals surface area contributed by atoms with Crippen LogP contribution in [0, 0.1) is 11.2 Å². The lowest BCUT2D eigenvalue weighted by molar-refractivity contribution is 0.133. The van der Waals surface area contributed by atoms with Crippen molar-refractivity contribution in [2.75, 3.05) is 12.3 Å². The summed E-state index contributed by atoms with van der Waals surface area (Å²) in [5, 5.41) is -0.292. The van der Waals surface area contributed by atoms with Crippen LogP contribution in [0.5, 0.6) is 0 Å². The van der Waals surface area contributed by atoms with Gasteiger partial charge >= 0.3 is 0 Å². The molecule has 0 atom stereocenters. The Kier molecular flexibility index (Phi) is 4.27. The fourth-order valence-electron chi connectivity index (χ4n) is 2.44. The van der Waals surface area contributed by atoms with Gasteiger partial charge in [-0.1, -0.05) is 24.9 Å². The maximum absolute atomic E-state index is 13.9. The first-order valence-electron chi connectivity index (χ1n) is 6.54. The summed E-state index contributed by atoms with van der Waals surface area (Å²) in [6, 6.07) is 2.28. The van der Waals surface area contributed by atoms with Crippen molar-refractivity contribution in [1.29, 1.82) is 0 Å². The molecule has 1 aliphatic rings. The number of halogens is 2. The van der Waals surface area contributed by atoms with E-state index in [1.165, 1.54) is 6.07 Å². The van der Waals surface area contributed by atoms with E-state index in [0.29, 0.717) is 6.54 Å². The van der Waals surface area contributed by atoms with Crippen LogP contribution in [0.25, 0.3) is 0 Å². The van der Waals surface area contributed by atoms with Crippen molar-refractivity contribution < 1.29 is 12.8 Å². The van der Waals surface area contributed by atoms with Gasteiger partial charge in [-0.3, -0.25) is 0 Å². The molecule has 1 saturated carbocycles. The molecule has 0 unspecified atom stereocenters. The van der Waals surface area contributed by atoms with E-state index in [1.54, 1.807) is 0 Å². The Morgan fingerprint density at radius 1 is 1.45 bits per heavy atom. The quantitative estimate of drug-likeness (QED) is 0.819. The van der Waals surface area contributed by atoms with Crippen molar-refractivity contribution >= 4 is 27.3 Å². The summed E-state index contributed by atoms with van der Waals surface area (Å²) in [4.78, 5) is -0.493. The zero-order chi connectivity index (χ0) is 15.0. The van der Waals surface area contributed by atoms with Crippen molar-refractivity contribution in [2.45, 2.75) is 37.5 Å². The first-order chi connectivity index (χ1) is 9.30. The van der Waals surface area contributed by atoms with Gasteiger partial charge in [0.1, 0.15) is 4.90 Å². The van der Waals surface area contributed by atoms with E-state index in [9.17, 15) is 12.8 Å². The molecule has 1 aromatic carbocycles. The lowest BCUT2D eigenvalue weighted by Crippen LogP contribution is -2.41. The molecule has 20 heavy (non-hydrogen) atoms. The molecule has 0 radical (unpaired) electrons. The maximum Gasteiger partial charge on any atom is 0.243 e. The number of hydrogen-bond donors (Lipinski definition) is 2. The van der Waals surface area contributed by atoms with E-state index >= 15 is 0 Å². The number of nitrogen functional groups attached to an aromatic ring is 1. The predicted octanol–water partition coefficient (Wildman–Crippen LogP) is 2.92. The van der Waals surface area contributed by atoms with Crippen LogP contribution < -0.4 is 10.5 Å². The highest BCUT2D eigenvalue weighted by Crippen LogP contribution is 2.43. The fourth-order valence-corrected chi connectivity index (χ4v) is 4.01. The van der Waals surface area contributed by atoms with Crippen LogP contribution >= 0.6 is 11.6 Å². The third-order valence-electron chi connectivity index (χ3n) is 4.11. The fraction of sp³-hybridized carbons (Fsp3) is 0.538. The largest absolute Gasteiger partial charge is 0.399 e. The van der Waals surface area contributed by atoms with Gasteiger partial charge in [-0.15, -0.1) is 0 Å². The first kappa shape index (κ1) is 15.5. The topological polar surface area (TPSA) is 72.2 Å². The standard InChI is InChI=1S/C13H18ClFN2O2S/c1-2-13(4-3-5-13)8-17-20(18,19)11-7-9(16)6-10(14)12(11)15/h6-7,17H,2-5,8,16H2,1H3. The van der Waals surface area contributed by atoms with Gasteiger partial charge in [0.05, 0.1) is 5.02 Å². The molecule has 0 aliphatic heterocycles. The summed E-state index contributed by atoms with van der Waals surface area (Å²) in [6.07, 6.45) is 3.99. The van der Waals surface area contributed by atoms with Crippen molar-refractivity contribution in [2.24, 2.45) is 5.41 Å². The monoisotopic (exact) mass is 320 g/mol. The molecule has 0 saturated heterocycles. The molecule has 1 aliphatic carbocycles. The number of nitrogens with one attached hydrogen (secondary N) is 1. The molecular formula is C13H18ClFN2O2S. The smallest absolute Gasteiger partial charge is 0.243 e. The molecule has 2 rings (SSSR count). The summed E-state index contributed by atoms with van der Waals surface area (Å²) in [7, 11) is -3.94. The minimum Gasteiger partial charge on any atom is -0.399 e. The summed E-state index contributed by atoms with van der Waals surface area (Å²) >= 11 is 5.63. The van der Waals surface area contributed by atoms with Crippen LogP contribution in [0.1, 0.15) is 32.6 Å². The van der Waals surface area contributed by atoms with Gasteiger partial charge in [-0.2, -0.15) is 0 Å². The number of rotatable bonds is 5. The van der Waals surface area contributed by atoms with Crippen molar-refractivity contribution in [3.05, 3.63) is 23.0 Å². The molecule has 1 aromatic rings. The zero-order valence-corrected chi connectivity index (χ0v) is 12.8. The van der Waals surface area contributed by atoms with Crippen LogP contribution in [-0.2, 0) is 10.0 Å². The zero-order valence-electron chi connectivity index (χ0n) is 11.2. The molecule has 0 bridgehead atoms. The second-order valence-corrected chi connectivity index (χ2v) is 7.49. The molecule has 0 heterocycles. The number of hydrogen-bond acceptors (Lipinski definition) is 3. The average Bonchev–Trinajstić information content (AvgIpc) is 2.32. The van der Waals surface area contributed by atoms with Crippen LogP contribution in [0.3, 0.4) is 0 Å². The predicted molar refractivity (Wildman–Crippen MR) is 77.6 cm³/mol. The van der Waals surface area contributed by atoms with Gasteiger partial charge in [0.25, 0.3) is 0 Å². The number of anilines is 1. The number of nitrogens with two attached hydrogens (primary N) is 1. The van der Waals surface area contributed by atoms with Gasteiger partial charge in [-0.05, 0) is 36.8 Å². The van der Waals surface area contributed by atoms with E-state index in [-0.39, 0.29) is 16.1 Å². The van der Waals surface area contributed by atoms with E-state index < -0.39 is 20.7 Å². The summed E-state index contributed by atoms with van der Waals surface area (Å²) in [5.74, 6) is -0.965. The lowest BCUT2D eigenvalue weighted by Gasteiger charge is -2.41. The Hall–Kier alpha value is -0.850. The highest BCUT2D eigenvalue weighted by molar-refractivity contribution is 7.89. The molecule has 0 aromatic heterocycles. The molecule has 3 N–H and O–H groups in total. The van der Waals surface area contributed by atoms with Crippen molar-refractivity contribution in [3.63, 3.8) is 0 Å². The molecule has 4 nitrogen and oxygen atoms in total. The molecule has 0 amide bonds. The molecule has 1 fully saturated rings. The minimum atomic E-state index is -3.94. The van der Waals surface area contributed by atoms with E-state index in [1.807, 2.05) is 6.92 Å². The van der Waals surface area contributed by atoms with Crippen LogP contribution in [0.2, 0.25) is 5.02 Å². The van der Waals surface area contributed by atoms with Crippen LogP contribution in [-0.4, -0.2) is 15.0 Å². The summed E-state index contributed by atoms with van der Waals surface area (Å²) in [6.45, 7) is 2.35. The molecule has 112 valence electrons. The Labute approximate surface area is 123 Å². The van der Waals surface area contributed by atoms with E-state index in [2.05, 4.69) is 4.72 Å². The second kappa shape index (κ2) is 5.50. The second-order valence-electron chi connectivity index (χ2n) is 5.35. The Morgan fingerprint density at radius 3 is 2.60 bits per heavy atom. The number of sulfonamides is 1. The van der Waals surface area contributed by atoms with Gasteiger partial charge in [0.2, 0.25) is 10.0 Å². The van der Waals surface area contributed by atoms with Gasteiger partial charge in [0.15, 0.2) is 5.82 Å². The van der Waals surface area contributed by atoms with E-state index in [0.717, 1.165) is 31.7 Å². The molecule has 7 heteroatoms. The Balaban J connectivity index is 2.23. The third-order valence-corrected chi connectivity index (χ3v) is 5.78. The summed E-state index contributed by atoms with van der Waals surface area (Å²) in [5.41, 5.74) is 5.65. The maximum atomic E-state index is 13.9.